The number of benzene rings is 3. The molecule has 0 aromatic heterocycles. The fraction of sp³-hybridized carbons (Fsp3) is 0.125. The normalized spacial score (nSPS) is 12.4. The van der Waals surface area contributed by atoms with Gasteiger partial charge in [-0.2, -0.15) is 0 Å². The molecule has 3 aromatic carbocycles. The van der Waals surface area contributed by atoms with Crippen molar-refractivity contribution < 1.29 is 28.6 Å². The number of halogens is 4. The van der Waals surface area contributed by atoms with Crippen LogP contribution in [0.5, 0.6) is 0 Å². The van der Waals surface area contributed by atoms with E-state index in [9.17, 15) is 14.4 Å². The van der Waals surface area contributed by atoms with Gasteiger partial charge in [-0.3, -0.25) is 0 Å². The van der Waals surface area contributed by atoms with Gasteiger partial charge in [0.05, 0.1) is 0 Å². The average molecular weight is 541 g/mol. The highest BCUT2D eigenvalue weighted by molar-refractivity contribution is 6.35. The maximum atomic E-state index is 13.3. The van der Waals surface area contributed by atoms with Crippen molar-refractivity contribution in [1.29, 1.82) is 0 Å². The van der Waals surface area contributed by atoms with E-state index in [1.165, 1.54) is 30.3 Å². The molecule has 0 amide bonds. The summed E-state index contributed by atoms with van der Waals surface area (Å²) in [4.78, 5) is 37.9. The van der Waals surface area contributed by atoms with Crippen molar-refractivity contribution in [3.8, 4) is 0 Å². The van der Waals surface area contributed by atoms with E-state index in [4.69, 9.17) is 60.6 Å². The molecule has 1 radical (unpaired) electrons. The van der Waals surface area contributed by atoms with E-state index in [1.54, 1.807) is 36.4 Å². The first kappa shape index (κ1) is 25.8. The summed E-state index contributed by atoms with van der Waals surface area (Å²) in [7, 11) is 0. The van der Waals surface area contributed by atoms with Crippen LogP contribution in [0.25, 0.3) is 0 Å². The van der Waals surface area contributed by atoms with Gasteiger partial charge in [0.25, 0.3) is 0 Å². The molecule has 0 bridgehead atoms. The molecule has 0 fully saturated rings. The third kappa shape index (κ3) is 5.83. The zero-order valence-electron chi connectivity index (χ0n) is 17.2. The van der Waals surface area contributed by atoms with Gasteiger partial charge in [-0.15, -0.1) is 0 Å². The Morgan fingerprint density at radius 2 is 1.35 bits per heavy atom. The van der Waals surface area contributed by atoms with E-state index in [2.05, 4.69) is 0 Å². The minimum Gasteiger partial charge on any atom is -0.457 e. The van der Waals surface area contributed by atoms with Gasteiger partial charge < -0.3 is 14.2 Å². The number of hydrogen-bond acceptors (Lipinski definition) is 6. The van der Waals surface area contributed by atoms with Crippen molar-refractivity contribution in [2.24, 2.45) is 0 Å². The fourth-order valence-electron chi connectivity index (χ4n) is 2.98. The third-order valence-electron chi connectivity index (χ3n) is 4.69. The summed E-state index contributed by atoms with van der Waals surface area (Å²) in [5.41, 5.74) is -1.88. The number of esters is 2. The van der Waals surface area contributed by atoms with Crippen molar-refractivity contribution in [2.45, 2.75) is 18.8 Å². The van der Waals surface area contributed by atoms with Crippen molar-refractivity contribution in [3.63, 3.8) is 0 Å². The summed E-state index contributed by atoms with van der Waals surface area (Å²) in [6.07, 6.45) is 0. The van der Waals surface area contributed by atoms with Gasteiger partial charge in [0.15, 0.2) is 0 Å². The molecule has 0 N–H and O–H groups in total. The van der Waals surface area contributed by atoms with Crippen LogP contribution in [0.4, 0.5) is 0 Å². The molecule has 10 heteroatoms. The van der Waals surface area contributed by atoms with E-state index in [0.29, 0.717) is 21.2 Å². The van der Waals surface area contributed by atoms with Gasteiger partial charge in [-0.1, -0.05) is 82.8 Å². The van der Waals surface area contributed by atoms with Gasteiger partial charge in [-0.25, -0.2) is 14.4 Å². The molecule has 0 aliphatic carbocycles. The number of carbonyl (C=O) groups excluding carboxylic acids is 3. The smallest absolute Gasteiger partial charge is 0.419 e. The number of carbonyl (C=O) groups is 2. The number of hydrogen-bond donors (Lipinski definition) is 0. The van der Waals surface area contributed by atoms with Crippen LogP contribution >= 0.6 is 46.4 Å². The van der Waals surface area contributed by atoms with Crippen LogP contribution in [0.2, 0.25) is 20.1 Å². The van der Waals surface area contributed by atoms with Gasteiger partial charge in [0.1, 0.15) is 13.2 Å². The zero-order valence-corrected chi connectivity index (χ0v) is 20.3. The molecule has 1 atom stereocenters. The average Bonchev–Trinajstić information content (AvgIpc) is 2.81. The van der Waals surface area contributed by atoms with Crippen molar-refractivity contribution in [2.75, 3.05) is 0 Å². The highest BCUT2D eigenvalue weighted by Crippen LogP contribution is 2.32. The predicted octanol–water partition coefficient (Wildman–Crippen LogP) is 6.07. The first-order chi connectivity index (χ1) is 16.3. The molecule has 1 unspecified atom stereocenters. The highest BCUT2D eigenvalue weighted by atomic mass is 35.5. The van der Waals surface area contributed by atoms with Gasteiger partial charge in [0.2, 0.25) is 0 Å². The Kier molecular flexibility index (Phi) is 8.80. The van der Waals surface area contributed by atoms with Crippen LogP contribution in [-0.4, -0.2) is 18.4 Å². The second kappa shape index (κ2) is 11.6. The second-order valence-corrected chi connectivity index (χ2v) is 8.54. The Labute approximate surface area is 215 Å². The Morgan fingerprint density at radius 1 is 0.735 bits per heavy atom. The number of rotatable bonds is 9. The summed E-state index contributed by atoms with van der Waals surface area (Å²) < 4.78 is 15.6. The van der Waals surface area contributed by atoms with E-state index in [1.807, 2.05) is 0 Å². The summed E-state index contributed by atoms with van der Waals surface area (Å²) in [5.74, 6) is -2.47. The van der Waals surface area contributed by atoms with E-state index < -0.39 is 17.5 Å². The van der Waals surface area contributed by atoms with Gasteiger partial charge >= 0.3 is 24.0 Å². The molecule has 3 rings (SSSR count). The lowest BCUT2D eigenvalue weighted by atomic mass is 9.93. The molecule has 0 aliphatic heterocycles. The lowest BCUT2D eigenvalue weighted by Crippen LogP contribution is -2.48. The molecular weight excluding hydrogens is 526 g/mol. The van der Waals surface area contributed by atoms with E-state index in [0.717, 1.165) is 6.47 Å². The molecule has 0 saturated heterocycles. The molecule has 34 heavy (non-hydrogen) atoms. The maximum Gasteiger partial charge on any atom is 0.419 e. The molecule has 0 heterocycles. The van der Waals surface area contributed by atoms with Crippen LogP contribution in [0, 0.1) is 0 Å². The summed E-state index contributed by atoms with van der Waals surface area (Å²) in [6.45, 7) is 0.494. The van der Waals surface area contributed by atoms with Crippen LogP contribution in [0.15, 0.2) is 66.7 Å². The summed E-state index contributed by atoms with van der Waals surface area (Å²) in [6, 6.07) is 16.8. The summed E-state index contributed by atoms with van der Waals surface area (Å²) >= 11 is 24.2. The first-order valence-electron chi connectivity index (χ1n) is 9.61. The summed E-state index contributed by atoms with van der Waals surface area (Å²) in [5, 5.41) is 1.13. The molecule has 0 spiro atoms. The SMILES string of the molecule is O=[C]OC(C(=O)OCc1ccccc1Cl)(C(=O)OCc1ccc(Cl)cc1Cl)c1cccc(Cl)c1. The second-order valence-electron chi connectivity index (χ2n) is 6.86. The van der Waals surface area contributed by atoms with Crippen molar-refractivity contribution in [1.82, 2.24) is 0 Å². The Bertz CT molecular complexity index is 1220. The Morgan fingerprint density at radius 3 is 1.94 bits per heavy atom. The van der Waals surface area contributed by atoms with Crippen LogP contribution in [-0.2, 0) is 47.4 Å². The monoisotopic (exact) mass is 539 g/mol. The van der Waals surface area contributed by atoms with E-state index in [-0.39, 0.29) is 28.8 Å². The molecule has 0 aliphatic rings. The molecular formula is C24H15Cl4O6. The fourth-order valence-corrected chi connectivity index (χ4v) is 3.82. The van der Waals surface area contributed by atoms with Crippen molar-refractivity contribution >= 4 is 64.8 Å². The van der Waals surface area contributed by atoms with Crippen LogP contribution < -0.4 is 0 Å². The van der Waals surface area contributed by atoms with Crippen molar-refractivity contribution in [3.05, 3.63) is 104 Å². The van der Waals surface area contributed by atoms with Gasteiger partial charge in [0, 0.05) is 36.8 Å². The Hall–Kier alpha value is -2.77. The lowest BCUT2D eigenvalue weighted by molar-refractivity contribution is -0.185. The van der Waals surface area contributed by atoms with Crippen LogP contribution in [0.3, 0.4) is 0 Å². The highest BCUT2D eigenvalue weighted by Gasteiger charge is 2.54. The standard InChI is InChI=1S/C24H15Cl4O6/c25-18-6-3-5-17(10-18)24(34-14-29,22(30)32-12-15-4-1-2-7-20(15)27)23(31)33-13-16-8-9-19(26)11-21(16)28/h1-11H,12-13H2. The zero-order chi connectivity index (χ0) is 24.7. The van der Waals surface area contributed by atoms with E-state index >= 15 is 0 Å². The molecule has 6 nitrogen and oxygen atoms in total. The largest absolute Gasteiger partial charge is 0.457 e. The van der Waals surface area contributed by atoms with Gasteiger partial charge in [-0.05, 0) is 30.3 Å². The number of ether oxygens (including phenoxy) is 3. The molecule has 175 valence electrons. The minimum absolute atomic E-state index is 0.0975. The quantitative estimate of drug-likeness (QED) is 0.186. The Balaban J connectivity index is 1.95. The third-order valence-corrected chi connectivity index (χ3v) is 5.88. The minimum atomic E-state index is -2.65. The predicted molar refractivity (Wildman–Crippen MR) is 127 cm³/mol. The molecule has 3 aromatic rings. The van der Waals surface area contributed by atoms with Crippen LogP contribution in [0.1, 0.15) is 16.7 Å². The lowest BCUT2D eigenvalue weighted by Gasteiger charge is -2.27. The maximum absolute atomic E-state index is 13.3. The molecule has 0 saturated carbocycles. The first-order valence-corrected chi connectivity index (χ1v) is 11.1. The topological polar surface area (TPSA) is 78.9 Å².